The van der Waals surface area contributed by atoms with Gasteiger partial charge >= 0.3 is 0 Å². The normalized spacial score (nSPS) is 10.9. The number of thiazole rings is 1. The van der Waals surface area contributed by atoms with E-state index in [4.69, 9.17) is 0 Å². The smallest absolute Gasteiger partial charge is 0.183 e. The molecule has 114 valence electrons. The number of aryl methyl sites for hydroxylation is 4. The van der Waals surface area contributed by atoms with Gasteiger partial charge in [-0.3, -0.25) is 4.68 Å². The monoisotopic (exact) mass is 312 g/mol. The molecule has 0 aliphatic heterocycles. The molecule has 4 nitrogen and oxygen atoms in total. The molecule has 0 bridgehead atoms. The molecule has 0 atom stereocenters. The molecule has 0 spiro atoms. The minimum atomic E-state index is 0.794. The van der Waals surface area contributed by atoms with Gasteiger partial charge in [-0.15, -0.1) is 0 Å². The van der Waals surface area contributed by atoms with Crippen LogP contribution >= 0.6 is 11.3 Å². The highest BCUT2D eigenvalue weighted by molar-refractivity contribution is 7.19. The summed E-state index contributed by atoms with van der Waals surface area (Å²) in [5.74, 6) is 0. The summed E-state index contributed by atoms with van der Waals surface area (Å²) in [5, 5.41) is 8.84. The molecule has 0 saturated carbocycles. The molecule has 0 aliphatic rings. The van der Waals surface area contributed by atoms with Crippen LogP contribution in [0.2, 0.25) is 0 Å². The van der Waals surface area contributed by atoms with E-state index < -0.39 is 0 Å². The van der Waals surface area contributed by atoms with Crippen LogP contribution in [0.15, 0.2) is 30.5 Å². The van der Waals surface area contributed by atoms with Crippen molar-refractivity contribution in [1.82, 2.24) is 14.8 Å². The van der Waals surface area contributed by atoms with Gasteiger partial charge in [0.25, 0.3) is 0 Å². The van der Waals surface area contributed by atoms with Gasteiger partial charge in [0.2, 0.25) is 0 Å². The fourth-order valence-corrected chi connectivity index (χ4v) is 3.33. The Balaban J connectivity index is 1.78. The van der Waals surface area contributed by atoms with Crippen molar-refractivity contribution in [3.63, 3.8) is 0 Å². The van der Waals surface area contributed by atoms with Crippen LogP contribution in [-0.4, -0.2) is 14.8 Å². The molecule has 1 N–H and O–H groups in total. The molecule has 3 aromatic rings. The minimum Gasteiger partial charge on any atom is -0.357 e. The fourth-order valence-electron chi connectivity index (χ4n) is 2.41. The van der Waals surface area contributed by atoms with Crippen molar-refractivity contribution in [1.29, 1.82) is 0 Å². The number of nitrogens with zero attached hydrogens (tertiary/aromatic N) is 3. The first-order chi connectivity index (χ1) is 10.5. The zero-order valence-corrected chi connectivity index (χ0v) is 14.2. The molecule has 0 fully saturated rings. The van der Waals surface area contributed by atoms with Gasteiger partial charge in [0.05, 0.1) is 10.6 Å². The maximum Gasteiger partial charge on any atom is 0.183 e. The third-order valence-electron chi connectivity index (χ3n) is 3.68. The summed E-state index contributed by atoms with van der Waals surface area (Å²) >= 11 is 1.66. The quantitative estimate of drug-likeness (QED) is 0.789. The SMILES string of the molecule is Cc1ccc(C)c(CNc2nc(C)c(-c3ccn(C)n3)s2)c1. The highest BCUT2D eigenvalue weighted by Crippen LogP contribution is 2.31. The van der Waals surface area contributed by atoms with E-state index >= 15 is 0 Å². The largest absolute Gasteiger partial charge is 0.357 e. The second-order valence-corrected chi connectivity index (χ2v) is 6.59. The molecule has 0 radical (unpaired) electrons. The van der Waals surface area contributed by atoms with Crippen LogP contribution in [0.5, 0.6) is 0 Å². The van der Waals surface area contributed by atoms with Gasteiger partial charge in [-0.1, -0.05) is 35.1 Å². The molecule has 1 aromatic carbocycles. The molecule has 0 unspecified atom stereocenters. The predicted molar refractivity (Wildman–Crippen MR) is 92.3 cm³/mol. The molecule has 0 aliphatic carbocycles. The number of anilines is 1. The van der Waals surface area contributed by atoms with E-state index in [1.54, 1.807) is 11.3 Å². The first-order valence-corrected chi connectivity index (χ1v) is 8.12. The van der Waals surface area contributed by atoms with Crippen molar-refractivity contribution >= 4 is 16.5 Å². The van der Waals surface area contributed by atoms with Gasteiger partial charge in [0.1, 0.15) is 5.69 Å². The summed E-state index contributed by atoms with van der Waals surface area (Å²) in [6, 6.07) is 8.56. The van der Waals surface area contributed by atoms with Crippen LogP contribution in [0, 0.1) is 20.8 Å². The molecular formula is C17H20N4S. The van der Waals surface area contributed by atoms with E-state index in [-0.39, 0.29) is 0 Å². The fraction of sp³-hybridized carbons (Fsp3) is 0.294. The van der Waals surface area contributed by atoms with Crippen LogP contribution in [0.3, 0.4) is 0 Å². The van der Waals surface area contributed by atoms with Gasteiger partial charge in [-0.25, -0.2) is 4.98 Å². The summed E-state index contributed by atoms with van der Waals surface area (Å²) in [6.45, 7) is 7.09. The van der Waals surface area contributed by atoms with Crippen molar-refractivity contribution in [2.24, 2.45) is 7.05 Å². The predicted octanol–water partition coefficient (Wildman–Crippen LogP) is 4.08. The highest BCUT2D eigenvalue weighted by Gasteiger charge is 2.12. The van der Waals surface area contributed by atoms with Crippen molar-refractivity contribution in [2.45, 2.75) is 27.3 Å². The van der Waals surface area contributed by atoms with E-state index in [1.807, 2.05) is 30.9 Å². The number of aromatic nitrogens is 3. The maximum absolute atomic E-state index is 4.62. The number of hydrogen-bond acceptors (Lipinski definition) is 4. The Morgan fingerprint density at radius 1 is 1.18 bits per heavy atom. The summed E-state index contributed by atoms with van der Waals surface area (Å²) < 4.78 is 1.82. The van der Waals surface area contributed by atoms with E-state index in [0.29, 0.717) is 0 Å². The maximum atomic E-state index is 4.62. The molecule has 5 heteroatoms. The van der Waals surface area contributed by atoms with Gasteiger partial charge in [-0.2, -0.15) is 5.10 Å². The van der Waals surface area contributed by atoms with Crippen LogP contribution < -0.4 is 5.32 Å². The zero-order valence-electron chi connectivity index (χ0n) is 13.3. The lowest BCUT2D eigenvalue weighted by Gasteiger charge is -2.07. The van der Waals surface area contributed by atoms with Gasteiger partial charge in [0.15, 0.2) is 5.13 Å². The van der Waals surface area contributed by atoms with Crippen molar-refractivity contribution in [3.05, 3.63) is 52.8 Å². The van der Waals surface area contributed by atoms with Crippen LogP contribution in [0.25, 0.3) is 10.6 Å². The molecule has 22 heavy (non-hydrogen) atoms. The summed E-state index contributed by atoms with van der Waals surface area (Å²) in [6.07, 6.45) is 1.96. The standard InChI is InChI=1S/C17H20N4S/c1-11-5-6-12(2)14(9-11)10-18-17-19-13(3)16(22-17)15-7-8-21(4)20-15/h5-9H,10H2,1-4H3,(H,18,19). The van der Waals surface area contributed by atoms with Crippen molar-refractivity contribution in [2.75, 3.05) is 5.32 Å². The summed E-state index contributed by atoms with van der Waals surface area (Å²) in [5.41, 5.74) is 5.90. The second-order valence-electron chi connectivity index (χ2n) is 5.59. The average Bonchev–Trinajstić information content (AvgIpc) is 3.06. The number of benzene rings is 1. The van der Waals surface area contributed by atoms with Crippen molar-refractivity contribution < 1.29 is 0 Å². The number of rotatable bonds is 4. The van der Waals surface area contributed by atoms with Gasteiger partial charge in [0, 0.05) is 19.8 Å². The molecule has 3 rings (SSSR count). The first-order valence-electron chi connectivity index (χ1n) is 7.30. The molecule has 2 heterocycles. The molecule has 0 amide bonds. The Morgan fingerprint density at radius 3 is 2.73 bits per heavy atom. The third-order valence-corrected chi connectivity index (χ3v) is 4.82. The number of hydrogen-bond donors (Lipinski definition) is 1. The third kappa shape index (κ3) is 3.04. The summed E-state index contributed by atoms with van der Waals surface area (Å²) in [4.78, 5) is 5.75. The number of nitrogens with one attached hydrogen (secondary N) is 1. The first kappa shape index (κ1) is 14.8. The molecule has 0 saturated heterocycles. The van der Waals surface area contributed by atoms with Gasteiger partial charge < -0.3 is 5.32 Å². The topological polar surface area (TPSA) is 42.7 Å². The van der Waals surface area contributed by atoms with E-state index in [0.717, 1.165) is 27.9 Å². The lowest BCUT2D eigenvalue weighted by Crippen LogP contribution is -2.01. The van der Waals surface area contributed by atoms with Gasteiger partial charge in [-0.05, 0) is 38.0 Å². The average molecular weight is 312 g/mol. The Hall–Kier alpha value is -2.14. The highest BCUT2D eigenvalue weighted by atomic mass is 32.1. The lowest BCUT2D eigenvalue weighted by molar-refractivity contribution is 0.771. The van der Waals surface area contributed by atoms with E-state index in [1.165, 1.54) is 16.7 Å². The van der Waals surface area contributed by atoms with E-state index in [9.17, 15) is 0 Å². The molecular weight excluding hydrogens is 292 g/mol. The van der Waals surface area contributed by atoms with Crippen LogP contribution in [0.4, 0.5) is 5.13 Å². The zero-order chi connectivity index (χ0) is 15.7. The Morgan fingerprint density at radius 2 is 2.00 bits per heavy atom. The second kappa shape index (κ2) is 5.93. The van der Waals surface area contributed by atoms with Crippen molar-refractivity contribution in [3.8, 4) is 10.6 Å². The van der Waals surface area contributed by atoms with Crippen LogP contribution in [-0.2, 0) is 13.6 Å². The van der Waals surface area contributed by atoms with Crippen LogP contribution in [0.1, 0.15) is 22.4 Å². The summed E-state index contributed by atoms with van der Waals surface area (Å²) in [7, 11) is 1.93. The Kier molecular flexibility index (Phi) is 3.98. The Labute approximate surface area is 134 Å². The Bertz CT molecular complexity index is 801. The minimum absolute atomic E-state index is 0.794. The lowest BCUT2D eigenvalue weighted by atomic mass is 10.1. The molecule has 2 aromatic heterocycles. The van der Waals surface area contributed by atoms with E-state index in [2.05, 4.69) is 47.4 Å².